The van der Waals surface area contributed by atoms with Crippen molar-refractivity contribution < 1.29 is 14.6 Å². The van der Waals surface area contributed by atoms with Crippen LogP contribution in [0.5, 0.6) is 0 Å². The minimum absolute atomic E-state index is 0.0696. The van der Waals surface area contributed by atoms with Crippen molar-refractivity contribution in [2.24, 2.45) is 11.8 Å². The molecule has 0 unspecified atom stereocenters. The second-order valence-electron chi connectivity index (χ2n) is 7.00. The summed E-state index contributed by atoms with van der Waals surface area (Å²) < 4.78 is 7.10. The first-order valence-corrected chi connectivity index (χ1v) is 9.03. The van der Waals surface area contributed by atoms with E-state index in [1.165, 1.54) is 6.92 Å². The average molecular weight is 391 g/mol. The van der Waals surface area contributed by atoms with Gasteiger partial charge >= 0.3 is 0 Å². The minimum Gasteiger partial charge on any atom is -0.382 e. The molecule has 1 saturated heterocycles. The molecule has 1 aliphatic heterocycles. The molecule has 0 amide bonds. The van der Waals surface area contributed by atoms with Gasteiger partial charge in [0.1, 0.15) is 11.7 Å². The summed E-state index contributed by atoms with van der Waals surface area (Å²) in [6, 6.07) is 7.84. The molecule has 0 bridgehead atoms. The van der Waals surface area contributed by atoms with E-state index in [4.69, 9.17) is 4.74 Å². The number of rotatable bonds is 3. The SMILES string of the molecule is C=C(C)[C@H]1CC=C(C)[C@@]2(O)[C@@H]1[C@H](c1ccccc1Br)O[C@@H]2C(C)=O. The van der Waals surface area contributed by atoms with Gasteiger partial charge in [0.05, 0.1) is 6.10 Å². The molecule has 1 aliphatic carbocycles. The third-order valence-corrected chi connectivity index (χ3v) is 6.20. The van der Waals surface area contributed by atoms with Gasteiger partial charge in [0, 0.05) is 10.4 Å². The van der Waals surface area contributed by atoms with Gasteiger partial charge in [-0.15, -0.1) is 0 Å². The summed E-state index contributed by atoms with van der Waals surface area (Å²) in [7, 11) is 0. The Morgan fingerprint density at radius 3 is 2.62 bits per heavy atom. The first-order chi connectivity index (χ1) is 11.3. The van der Waals surface area contributed by atoms with Crippen molar-refractivity contribution in [2.75, 3.05) is 0 Å². The molecule has 24 heavy (non-hydrogen) atoms. The van der Waals surface area contributed by atoms with E-state index < -0.39 is 11.7 Å². The van der Waals surface area contributed by atoms with Crippen LogP contribution in [-0.2, 0) is 9.53 Å². The number of hydrogen-bond acceptors (Lipinski definition) is 3. The molecule has 0 aromatic heterocycles. The monoisotopic (exact) mass is 390 g/mol. The van der Waals surface area contributed by atoms with E-state index in [-0.39, 0.29) is 23.7 Å². The molecule has 1 aromatic rings. The van der Waals surface area contributed by atoms with Crippen LogP contribution in [0.4, 0.5) is 0 Å². The van der Waals surface area contributed by atoms with Gasteiger partial charge in [-0.2, -0.15) is 0 Å². The van der Waals surface area contributed by atoms with Crippen LogP contribution in [0, 0.1) is 11.8 Å². The molecule has 3 rings (SSSR count). The fourth-order valence-electron chi connectivity index (χ4n) is 4.23. The van der Waals surface area contributed by atoms with Gasteiger partial charge in [-0.3, -0.25) is 4.79 Å². The highest BCUT2D eigenvalue weighted by Gasteiger charge is 2.62. The normalized spacial score (nSPS) is 35.3. The maximum absolute atomic E-state index is 12.2. The fraction of sp³-hybridized carbons (Fsp3) is 0.450. The molecular weight excluding hydrogens is 368 g/mol. The Hall–Kier alpha value is -1.23. The lowest BCUT2D eigenvalue weighted by Gasteiger charge is -2.42. The van der Waals surface area contributed by atoms with Gasteiger partial charge in [-0.05, 0) is 50.3 Å². The predicted octanol–water partition coefficient (Wildman–Crippen LogP) is 4.37. The summed E-state index contributed by atoms with van der Waals surface area (Å²) in [5.74, 6) is -0.306. The van der Waals surface area contributed by atoms with Crippen LogP contribution in [0.2, 0.25) is 0 Å². The third kappa shape index (κ3) is 2.52. The number of hydrogen-bond donors (Lipinski definition) is 1. The van der Waals surface area contributed by atoms with E-state index in [0.29, 0.717) is 0 Å². The zero-order valence-corrected chi connectivity index (χ0v) is 15.8. The van der Waals surface area contributed by atoms with Crippen molar-refractivity contribution in [1.29, 1.82) is 0 Å². The Balaban J connectivity index is 2.18. The molecule has 1 N–H and O–H groups in total. The summed E-state index contributed by atoms with van der Waals surface area (Å²) in [4.78, 5) is 12.2. The highest BCUT2D eigenvalue weighted by atomic mass is 79.9. The average Bonchev–Trinajstić information content (AvgIpc) is 2.83. The molecule has 4 heteroatoms. The summed E-state index contributed by atoms with van der Waals surface area (Å²) in [6.07, 6.45) is 1.63. The molecule has 0 saturated carbocycles. The molecular formula is C20H23BrO3. The van der Waals surface area contributed by atoms with E-state index >= 15 is 0 Å². The lowest BCUT2D eigenvalue weighted by molar-refractivity contribution is -0.135. The van der Waals surface area contributed by atoms with Crippen LogP contribution in [0.25, 0.3) is 0 Å². The number of aliphatic hydroxyl groups is 1. The van der Waals surface area contributed by atoms with Gasteiger partial charge in [-0.1, -0.05) is 52.4 Å². The van der Waals surface area contributed by atoms with Crippen molar-refractivity contribution in [2.45, 2.75) is 45.0 Å². The third-order valence-electron chi connectivity index (χ3n) is 5.47. The highest BCUT2D eigenvalue weighted by Crippen LogP contribution is 2.57. The van der Waals surface area contributed by atoms with Crippen LogP contribution < -0.4 is 0 Å². The minimum atomic E-state index is -1.28. The number of carbonyl (C=O) groups is 1. The van der Waals surface area contributed by atoms with Crippen molar-refractivity contribution in [3.63, 3.8) is 0 Å². The second-order valence-corrected chi connectivity index (χ2v) is 7.85. The Morgan fingerprint density at radius 1 is 1.38 bits per heavy atom. The largest absolute Gasteiger partial charge is 0.382 e. The summed E-state index contributed by atoms with van der Waals surface area (Å²) >= 11 is 3.59. The van der Waals surface area contributed by atoms with Gasteiger partial charge in [-0.25, -0.2) is 0 Å². The Morgan fingerprint density at radius 2 is 2.04 bits per heavy atom. The zero-order chi connectivity index (χ0) is 17.6. The van der Waals surface area contributed by atoms with Crippen molar-refractivity contribution in [3.05, 3.63) is 58.1 Å². The maximum Gasteiger partial charge on any atom is 0.161 e. The van der Waals surface area contributed by atoms with Gasteiger partial charge in [0.2, 0.25) is 0 Å². The van der Waals surface area contributed by atoms with Crippen molar-refractivity contribution in [1.82, 2.24) is 0 Å². The quantitative estimate of drug-likeness (QED) is 0.779. The second kappa shape index (κ2) is 6.25. The Labute approximate surface area is 151 Å². The molecule has 1 aromatic carbocycles. The Kier molecular flexibility index (Phi) is 4.58. The topological polar surface area (TPSA) is 46.5 Å². The Bertz CT molecular complexity index is 723. The number of fused-ring (bicyclic) bond motifs is 1. The van der Waals surface area contributed by atoms with Crippen LogP contribution in [0.15, 0.2) is 52.5 Å². The number of benzene rings is 1. The van der Waals surface area contributed by atoms with E-state index in [1.807, 2.05) is 44.2 Å². The first kappa shape index (κ1) is 17.6. The van der Waals surface area contributed by atoms with Crippen LogP contribution >= 0.6 is 15.9 Å². The molecule has 1 heterocycles. The molecule has 2 aliphatic rings. The van der Waals surface area contributed by atoms with E-state index in [1.54, 1.807) is 0 Å². The summed E-state index contributed by atoms with van der Waals surface area (Å²) in [5.41, 5.74) is 1.51. The molecule has 5 atom stereocenters. The summed E-state index contributed by atoms with van der Waals surface area (Å²) in [5, 5.41) is 11.6. The predicted molar refractivity (Wildman–Crippen MR) is 97.6 cm³/mol. The lowest BCUT2D eigenvalue weighted by atomic mass is 9.63. The zero-order valence-electron chi connectivity index (χ0n) is 14.3. The number of carbonyl (C=O) groups excluding carboxylic acids is 1. The first-order valence-electron chi connectivity index (χ1n) is 8.23. The van der Waals surface area contributed by atoms with Gasteiger partial charge in [0.25, 0.3) is 0 Å². The number of ketones is 1. The highest BCUT2D eigenvalue weighted by molar-refractivity contribution is 9.10. The standard InChI is InChI=1S/C20H23BrO3/c1-11(2)14-10-9-12(3)20(23)17(14)18(24-19(20)13(4)22)15-7-5-6-8-16(15)21/h5-9,14,17-19,23H,1,10H2,2-4H3/t14-,17+,18+,19-,20-/m1/s1. The molecule has 1 fully saturated rings. The van der Waals surface area contributed by atoms with E-state index in [0.717, 1.165) is 27.6 Å². The lowest BCUT2D eigenvalue weighted by Crippen LogP contribution is -2.52. The molecule has 0 radical (unpaired) electrons. The molecule has 128 valence electrons. The van der Waals surface area contributed by atoms with E-state index in [9.17, 15) is 9.90 Å². The van der Waals surface area contributed by atoms with Crippen LogP contribution in [0.3, 0.4) is 0 Å². The maximum atomic E-state index is 12.2. The number of allylic oxidation sites excluding steroid dienone is 2. The number of halogens is 1. The molecule has 3 nitrogen and oxygen atoms in total. The van der Waals surface area contributed by atoms with Gasteiger partial charge < -0.3 is 9.84 Å². The van der Waals surface area contributed by atoms with Crippen molar-refractivity contribution >= 4 is 21.7 Å². The van der Waals surface area contributed by atoms with Crippen LogP contribution in [0.1, 0.15) is 38.9 Å². The number of Topliss-reactive ketones (excluding diaryl/α,β-unsaturated/α-hetero) is 1. The van der Waals surface area contributed by atoms with Gasteiger partial charge in [0.15, 0.2) is 5.78 Å². The van der Waals surface area contributed by atoms with Crippen molar-refractivity contribution in [3.8, 4) is 0 Å². The number of ether oxygens (including phenoxy) is 1. The smallest absolute Gasteiger partial charge is 0.161 e. The molecule has 0 spiro atoms. The fourth-order valence-corrected chi connectivity index (χ4v) is 4.74. The summed E-state index contributed by atoms with van der Waals surface area (Å²) in [6.45, 7) is 9.49. The van der Waals surface area contributed by atoms with E-state index in [2.05, 4.69) is 22.5 Å². The van der Waals surface area contributed by atoms with Crippen LogP contribution in [-0.4, -0.2) is 22.6 Å².